The maximum atomic E-state index is 12.3. The number of amides is 1. The summed E-state index contributed by atoms with van der Waals surface area (Å²) in [5.41, 5.74) is 1.42. The fraction of sp³-hybridized carbons (Fsp3) is 0.211. The van der Waals surface area contributed by atoms with Crippen molar-refractivity contribution in [2.45, 2.75) is 26.4 Å². The van der Waals surface area contributed by atoms with Gasteiger partial charge in [-0.05, 0) is 31.2 Å². The van der Waals surface area contributed by atoms with Crippen LogP contribution in [-0.2, 0) is 11.2 Å². The van der Waals surface area contributed by atoms with Crippen molar-refractivity contribution in [3.8, 4) is 17.1 Å². The van der Waals surface area contributed by atoms with Crippen molar-refractivity contribution < 1.29 is 14.1 Å². The van der Waals surface area contributed by atoms with E-state index < -0.39 is 6.10 Å². The lowest BCUT2D eigenvalue weighted by Crippen LogP contribution is -2.30. The lowest BCUT2D eigenvalue weighted by Gasteiger charge is -2.14. The number of ether oxygens (including phenoxy) is 1. The summed E-state index contributed by atoms with van der Waals surface area (Å²) >= 11 is 0. The Morgan fingerprint density at radius 3 is 2.72 bits per heavy atom. The minimum Gasteiger partial charge on any atom is -0.481 e. The average Bonchev–Trinajstić information content (AvgIpc) is 3.12. The van der Waals surface area contributed by atoms with Gasteiger partial charge in [-0.1, -0.05) is 42.4 Å². The first-order chi connectivity index (χ1) is 12.2. The molecule has 0 radical (unpaired) electrons. The third-order valence-corrected chi connectivity index (χ3v) is 3.58. The van der Waals surface area contributed by atoms with Gasteiger partial charge in [0.2, 0.25) is 11.7 Å². The standard InChI is InChI=1S/C19H19N3O3/c1-3-17-21-18(22-25-17)14-8-7-9-15(12-14)20-19(23)13(2)24-16-10-5-4-6-11-16/h4-13H,3H2,1-2H3,(H,20,23)/t13-/m0/s1. The van der Waals surface area contributed by atoms with Crippen LogP contribution in [0.25, 0.3) is 11.4 Å². The number of carbonyl (C=O) groups excluding carboxylic acids is 1. The van der Waals surface area contributed by atoms with Gasteiger partial charge in [-0.15, -0.1) is 0 Å². The molecule has 3 rings (SSSR count). The van der Waals surface area contributed by atoms with Gasteiger partial charge in [0.15, 0.2) is 6.10 Å². The molecule has 0 unspecified atom stereocenters. The molecule has 1 N–H and O–H groups in total. The third-order valence-electron chi connectivity index (χ3n) is 3.58. The number of rotatable bonds is 6. The summed E-state index contributed by atoms with van der Waals surface area (Å²) in [6.45, 7) is 3.65. The maximum Gasteiger partial charge on any atom is 0.265 e. The number of aryl methyl sites for hydroxylation is 1. The van der Waals surface area contributed by atoms with Crippen LogP contribution < -0.4 is 10.1 Å². The molecular weight excluding hydrogens is 318 g/mol. The van der Waals surface area contributed by atoms with Crippen LogP contribution in [0.4, 0.5) is 5.69 Å². The Morgan fingerprint density at radius 2 is 2.00 bits per heavy atom. The van der Waals surface area contributed by atoms with E-state index in [0.29, 0.717) is 29.6 Å². The van der Waals surface area contributed by atoms with E-state index in [2.05, 4.69) is 15.5 Å². The van der Waals surface area contributed by atoms with E-state index >= 15 is 0 Å². The van der Waals surface area contributed by atoms with Crippen molar-refractivity contribution in [1.29, 1.82) is 0 Å². The number of para-hydroxylation sites is 1. The monoisotopic (exact) mass is 337 g/mol. The molecule has 1 amide bonds. The highest BCUT2D eigenvalue weighted by molar-refractivity contribution is 5.94. The molecule has 1 aromatic heterocycles. The Labute approximate surface area is 145 Å². The first kappa shape index (κ1) is 16.7. The van der Waals surface area contributed by atoms with E-state index in [1.807, 2.05) is 49.4 Å². The molecule has 6 heteroatoms. The van der Waals surface area contributed by atoms with Gasteiger partial charge >= 0.3 is 0 Å². The Hall–Kier alpha value is -3.15. The molecule has 25 heavy (non-hydrogen) atoms. The Morgan fingerprint density at radius 1 is 1.20 bits per heavy atom. The lowest BCUT2D eigenvalue weighted by molar-refractivity contribution is -0.122. The second-order valence-corrected chi connectivity index (χ2v) is 5.51. The minimum absolute atomic E-state index is 0.233. The number of hydrogen-bond donors (Lipinski definition) is 1. The fourth-order valence-corrected chi connectivity index (χ4v) is 2.25. The minimum atomic E-state index is -0.622. The van der Waals surface area contributed by atoms with Crippen LogP contribution in [0, 0.1) is 0 Å². The first-order valence-electron chi connectivity index (χ1n) is 8.11. The summed E-state index contributed by atoms with van der Waals surface area (Å²) in [6.07, 6.45) is 0.0560. The predicted molar refractivity (Wildman–Crippen MR) is 94.3 cm³/mol. The van der Waals surface area contributed by atoms with Gasteiger partial charge in [0, 0.05) is 17.7 Å². The molecule has 0 aliphatic carbocycles. The normalized spacial score (nSPS) is 11.8. The summed E-state index contributed by atoms with van der Waals surface area (Å²) in [4.78, 5) is 16.6. The van der Waals surface area contributed by atoms with E-state index in [9.17, 15) is 4.79 Å². The Bertz CT molecular complexity index is 846. The number of anilines is 1. The van der Waals surface area contributed by atoms with Gasteiger partial charge in [-0.3, -0.25) is 4.79 Å². The molecule has 0 bridgehead atoms. The molecule has 0 aliphatic rings. The molecule has 2 aromatic carbocycles. The van der Waals surface area contributed by atoms with E-state index in [4.69, 9.17) is 9.26 Å². The molecule has 0 saturated carbocycles. The predicted octanol–water partition coefficient (Wildman–Crippen LogP) is 3.71. The van der Waals surface area contributed by atoms with Crippen LogP contribution in [0.1, 0.15) is 19.7 Å². The van der Waals surface area contributed by atoms with Gasteiger partial charge in [0.05, 0.1) is 0 Å². The van der Waals surface area contributed by atoms with Crippen molar-refractivity contribution in [2.24, 2.45) is 0 Å². The summed E-state index contributed by atoms with van der Waals surface area (Å²) in [6, 6.07) is 16.5. The van der Waals surface area contributed by atoms with Crippen LogP contribution >= 0.6 is 0 Å². The van der Waals surface area contributed by atoms with Crippen LogP contribution in [0.2, 0.25) is 0 Å². The SMILES string of the molecule is CCc1nc(-c2cccc(NC(=O)[C@H](C)Oc3ccccc3)c2)no1. The highest BCUT2D eigenvalue weighted by Crippen LogP contribution is 2.20. The number of aromatic nitrogens is 2. The number of benzene rings is 2. The average molecular weight is 337 g/mol. The van der Waals surface area contributed by atoms with Crippen molar-refractivity contribution >= 4 is 11.6 Å². The van der Waals surface area contributed by atoms with Crippen molar-refractivity contribution in [3.05, 3.63) is 60.5 Å². The van der Waals surface area contributed by atoms with Crippen molar-refractivity contribution in [1.82, 2.24) is 10.1 Å². The van der Waals surface area contributed by atoms with Gasteiger partial charge in [0.25, 0.3) is 5.91 Å². The summed E-state index contributed by atoms with van der Waals surface area (Å²) < 4.78 is 10.8. The van der Waals surface area contributed by atoms with E-state index in [1.165, 1.54) is 0 Å². The fourth-order valence-electron chi connectivity index (χ4n) is 2.25. The Kier molecular flexibility index (Phi) is 5.09. The second-order valence-electron chi connectivity index (χ2n) is 5.51. The molecule has 1 heterocycles. The van der Waals surface area contributed by atoms with Crippen molar-refractivity contribution in [2.75, 3.05) is 5.32 Å². The zero-order valence-electron chi connectivity index (χ0n) is 14.1. The van der Waals surface area contributed by atoms with E-state index in [-0.39, 0.29) is 5.91 Å². The van der Waals surface area contributed by atoms with Crippen molar-refractivity contribution in [3.63, 3.8) is 0 Å². The molecule has 0 saturated heterocycles. The topological polar surface area (TPSA) is 77.2 Å². The van der Waals surface area contributed by atoms with Crippen LogP contribution in [0.5, 0.6) is 5.75 Å². The lowest BCUT2D eigenvalue weighted by atomic mass is 10.2. The number of carbonyl (C=O) groups is 1. The first-order valence-corrected chi connectivity index (χ1v) is 8.11. The van der Waals surface area contributed by atoms with Gasteiger partial charge in [-0.2, -0.15) is 4.98 Å². The van der Waals surface area contributed by atoms with Gasteiger partial charge in [0.1, 0.15) is 5.75 Å². The molecule has 0 fully saturated rings. The van der Waals surface area contributed by atoms with E-state index in [0.717, 1.165) is 5.56 Å². The Balaban J connectivity index is 1.68. The van der Waals surface area contributed by atoms with Crippen LogP contribution in [0.3, 0.4) is 0 Å². The zero-order chi connectivity index (χ0) is 17.6. The number of hydrogen-bond acceptors (Lipinski definition) is 5. The maximum absolute atomic E-state index is 12.3. The highest BCUT2D eigenvalue weighted by Gasteiger charge is 2.15. The number of nitrogens with zero attached hydrogens (tertiary/aromatic N) is 2. The number of nitrogens with one attached hydrogen (secondary N) is 1. The molecule has 3 aromatic rings. The highest BCUT2D eigenvalue weighted by atomic mass is 16.5. The summed E-state index contributed by atoms with van der Waals surface area (Å²) in [5.74, 6) is 1.50. The quantitative estimate of drug-likeness (QED) is 0.742. The second kappa shape index (κ2) is 7.61. The molecule has 128 valence electrons. The van der Waals surface area contributed by atoms with E-state index in [1.54, 1.807) is 19.1 Å². The smallest absolute Gasteiger partial charge is 0.265 e. The molecular formula is C19H19N3O3. The third kappa shape index (κ3) is 4.23. The molecule has 1 atom stereocenters. The molecule has 6 nitrogen and oxygen atoms in total. The van der Waals surface area contributed by atoms with Gasteiger partial charge in [-0.25, -0.2) is 0 Å². The molecule has 0 spiro atoms. The molecule has 0 aliphatic heterocycles. The summed E-state index contributed by atoms with van der Waals surface area (Å²) in [5, 5.41) is 6.79. The van der Waals surface area contributed by atoms with Crippen LogP contribution in [-0.4, -0.2) is 22.2 Å². The van der Waals surface area contributed by atoms with Gasteiger partial charge < -0.3 is 14.6 Å². The zero-order valence-corrected chi connectivity index (χ0v) is 14.1. The van der Waals surface area contributed by atoms with Crippen LogP contribution in [0.15, 0.2) is 59.1 Å². The largest absolute Gasteiger partial charge is 0.481 e. The summed E-state index contributed by atoms with van der Waals surface area (Å²) in [7, 11) is 0.